The van der Waals surface area contributed by atoms with Crippen LogP contribution in [0.25, 0.3) is 0 Å². The maximum absolute atomic E-state index is 13.5. The Morgan fingerprint density at radius 1 is 1.38 bits per heavy atom. The van der Waals surface area contributed by atoms with Gasteiger partial charge < -0.3 is 20.7 Å². The van der Waals surface area contributed by atoms with Gasteiger partial charge in [0, 0.05) is 51.7 Å². The lowest BCUT2D eigenvalue weighted by Crippen LogP contribution is -2.42. The van der Waals surface area contributed by atoms with Gasteiger partial charge in [0.2, 0.25) is 0 Å². The molecule has 0 saturated carbocycles. The molecule has 32 heavy (non-hydrogen) atoms. The van der Waals surface area contributed by atoms with Crippen LogP contribution in [0.3, 0.4) is 0 Å². The smallest absolute Gasteiger partial charge is 0.330 e. The van der Waals surface area contributed by atoms with Crippen LogP contribution >= 0.6 is 0 Å². The van der Waals surface area contributed by atoms with Gasteiger partial charge in [-0.1, -0.05) is 13.8 Å². The van der Waals surface area contributed by atoms with Crippen LogP contribution in [-0.2, 0) is 11.3 Å². The van der Waals surface area contributed by atoms with Gasteiger partial charge in [-0.3, -0.25) is 29.3 Å². The number of benzene rings is 1. The molecular weight excluding hydrogens is 420 g/mol. The number of nitrogens with two attached hydrogens (primary N) is 1. The summed E-state index contributed by atoms with van der Waals surface area (Å²) < 4.78 is 6.25. The fraction of sp³-hybridized carbons (Fsp3) is 0.450. The standard InChI is InChI=1S/C20H28N6O6/c1-12(2)11-25-17(21)16(18(27)23-20(25)29)24(8-5-9-32-4)19(28)14-10-13(26(30)31)6-7-15(14)22-3/h6-7,10,12,22H,5,8-9,11,21H2,1-4H3,(H,23,27,29). The van der Waals surface area contributed by atoms with Crippen molar-refractivity contribution < 1.29 is 14.5 Å². The van der Waals surface area contributed by atoms with E-state index in [0.29, 0.717) is 18.7 Å². The lowest BCUT2D eigenvalue weighted by atomic mass is 10.1. The van der Waals surface area contributed by atoms with Gasteiger partial charge in [-0.05, 0) is 18.4 Å². The topological polar surface area (TPSA) is 166 Å². The predicted molar refractivity (Wildman–Crippen MR) is 121 cm³/mol. The minimum Gasteiger partial charge on any atom is -0.387 e. The van der Waals surface area contributed by atoms with Crippen molar-refractivity contribution in [3.8, 4) is 0 Å². The van der Waals surface area contributed by atoms with Crippen LogP contribution in [0.15, 0.2) is 27.8 Å². The summed E-state index contributed by atoms with van der Waals surface area (Å²) in [6.45, 7) is 4.31. The van der Waals surface area contributed by atoms with Crippen molar-refractivity contribution in [2.75, 3.05) is 43.3 Å². The Morgan fingerprint density at radius 3 is 2.62 bits per heavy atom. The number of H-pyrrole nitrogens is 1. The van der Waals surface area contributed by atoms with Gasteiger partial charge in [-0.15, -0.1) is 0 Å². The molecule has 0 aliphatic carbocycles. The first-order valence-corrected chi connectivity index (χ1v) is 10.0. The molecule has 1 aromatic carbocycles. The van der Waals surface area contributed by atoms with E-state index in [2.05, 4.69) is 10.3 Å². The lowest BCUT2D eigenvalue weighted by Gasteiger charge is -2.25. The second-order valence-corrected chi connectivity index (χ2v) is 7.54. The molecule has 2 aromatic rings. The van der Waals surface area contributed by atoms with Crippen LogP contribution < -0.4 is 27.2 Å². The Labute approximate surface area is 184 Å². The Hall–Kier alpha value is -3.67. The van der Waals surface area contributed by atoms with Crippen molar-refractivity contribution in [1.82, 2.24) is 9.55 Å². The summed E-state index contributed by atoms with van der Waals surface area (Å²) in [7, 11) is 3.06. The zero-order valence-corrected chi connectivity index (χ0v) is 18.5. The van der Waals surface area contributed by atoms with Gasteiger partial charge in [0.05, 0.1) is 10.5 Å². The average molecular weight is 448 g/mol. The number of methoxy groups -OCH3 is 1. The van der Waals surface area contributed by atoms with Crippen LogP contribution in [0.2, 0.25) is 0 Å². The highest BCUT2D eigenvalue weighted by Gasteiger charge is 2.28. The molecule has 0 saturated heterocycles. The molecule has 174 valence electrons. The first kappa shape index (κ1) is 24.6. The van der Waals surface area contributed by atoms with E-state index >= 15 is 0 Å². The SMILES string of the molecule is CNc1ccc([N+](=O)[O-])cc1C(=O)N(CCCOC)c1c(N)n(CC(C)C)c(=O)[nH]c1=O. The van der Waals surface area contributed by atoms with Gasteiger partial charge in [0.1, 0.15) is 5.82 Å². The number of nitrogens with zero attached hydrogens (tertiary/aromatic N) is 3. The number of nitro groups is 1. The van der Waals surface area contributed by atoms with Crippen LogP contribution in [0.1, 0.15) is 30.6 Å². The number of nitrogen functional groups attached to an aromatic ring is 1. The molecule has 1 aromatic heterocycles. The summed E-state index contributed by atoms with van der Waals surface area (Å²) in [4.78, 5) is 52.6. The molecule has 4 N–H and O–H groups in total. The second kappa shape index (κ2) is 10.6. The molecule has 0 aliphatic heterocycles. The number of carbonyl (C=O) groups is 1. The molecule has 12 nitrogen and oxygen atoms in total. The van der Waals surface area contributed by atoms with Crippen molar-refractivity contribution >= 4 is 28.8 Å². The van der Waals surface area contributed by atoms with Gasteiger partial charge in [0.15, 0.2) is 5.69 Å². The molecule has 0 radical (unpaired) electrons. The van der Waals surface area contributed by atoms with E-state index in [1.54, 1.807) is 7.05 Å². The maximum atomic E-state index is 13.5. The van der Waals surface area contributed by atoms with Crippen molar-refractivity contribution in [3.05, 3.63) is 54.7 Å². The third kappa shape index (κ3) is 5.32. The minimum absolute atomic E-state index is 0.0143. The van der Waals surface area contributed by atoms with Crippen LogP contribution in [0, 0.1) is 16.0 Å². The third-order valence-corrected chi connectivity index (χ3v) is 4.72. The fourth-order valence-corrected chi connectivity index (χ4v) is 3.25. The summed E-state index contributed by atoms with van der Waals surface area (Å²) in [5.41, 5.74) is 4.54. The quantitative estimate of drug-likeness (QED) is 0.279. The van der Waals surface area contributed by atoms with E-state index in [9.17, 15) is 24.5 Å². The first-order valence-electron chi connectivity index (χ1n) is 10.0. The third-order valence-electron chi connectivity index (χ3n) is 4.72. The van der Waals surface area contributed by atoms with E-state index in [0.717, 1.165) is 11.0 Å². The normalized spacial score (nSPS) is 10.9. The van der Waals surface area contributed by atoms with Gasteiger partial charge in [-0.25, -0.2) is 4.79 Å². The summed E-state index contributed by atoms with van der Waals surface area (Å²) in [6, 6.07) is 3.81. The lowest BCUT2D eigenvalue weighted by molar-refractivity contribution is -0.384. The zero-order chi connectivity index (χ0) is 24.0. The summed E-state index contributed by atoms with van der Waals surface area (Å²) >= 11 is 0. The minimum atomic E-state index is -0.824. The van der Waals surface area contributed by atoms with Gasteiger partial charge >= 0.3 is 5.69 Å². The number of amides is 1. The van der Waals surface area contributed by atoms with E-state index < -0.39 is 22.1 Å². The van der Waals surface area contributed by atoms with Crippen molar-refractivity contribution in [3.63, 3.8) is 0 Å². The Balaban J connectivity index is 2.70. The van der Waals surface area contributed by atoms with E-state index in [1.165, 1.54) is 23.8 Å². The van der Waals surface area contributed by atoms with Gasteiger partial charge in [0.25, 0.3) is 17.2 Å². The number of anilines is 3. The fourth-order valence-electron chi connectivity index (χ4n) is 3.25. The second-order valence-electron chi connectivity index (χ2n) is 7.54. The van der Waals surface area contributed by atoms with Gasteiger partial charge in [-0.2, -0.15) is 0 Å². The number of rotatable bonds is 10. The summed E-state index contributed by atoms with van der Waals surface area (Å²) in [6.07, 6.45) is 0.355. The highest BCUT2D eigenvalue weighted by Crippen LogP contribution is 2.27. The Kier molecular flexibility index (Phi) is 8.13. The monoisotopic (exact) mass is 448 g/mol. The molecule has 0 atom stereocenters. The highest BCUT2D eigenvalue weighted by atomic mass is 16.6. The number of aromatic amines is 1. The largest absolute Gasteiger partial charge is 0.387 e. The Bertz CT molecular complexity index is 1110. The number of carbonyl (C=O) groups excluding carboxylic acids is 1. The number of hydrogen-bond donors (Lipinski definition) is 3. The molecule has 1 amide bonds. The summed E-state index contributed by atoms with van der Waals surface area (Å²) in [5, 5.41) is 14.1. The zero-order valence-electron chi connectivity index (χ0n) is 18.5. The number of hydrogen-bond acceptors (Lipinski definition) is 8. The number of non-ortho nitro benzene ring substituents is 1. The van der Waals surface area contributed by atoms with Crippen LogP contribution in [0.4, 0.5) is 22.9 Å². The molecule has 0 spiro atoms. The molecule has 0 fully saturated rings. The van der Waals surface area contributed by atoms with E-state index in [-0.39, 0.29) is 41.8 Å². The van der Waals surface area contributed by atoms with Crippen molar-refractivity contribution in [2.24, 2.45) is 5.92 Å². The average Bonchev–Trinajstić information content (AvgIpc) is 2.74. The van der Waals surface area contributed by atoms with Crippen molar-refractivity contribution in [1.29, 1.82) is 0 Å². The van der Waals surface area contributed by atoms with Crippen molar-refractivity contribution in [2.45, 2.75) is 26.8 Å². The number of nitrogens with one attached hydrogen (secondary N) is 2. The highest BCUT2D eigenvalue weighted by molar-refractivity contribution is 6.10. The molecular formula is C20H28N6O6. The number of ether oxygens (including phenoxy) is 1. The maximum Gasteiger partial charge on any atom is 0.330 e. The van der Waals surface area contributed by atoms with E-state index in [1.807, 2.05) is 13.8 Å². The molecule has 1 heterocycles. The molecule has 0 bridgehead atoms. The van der Waals surface area contributed by atoms with E-state index in [4.69, 9.17) is 10.5 Å². The van der Waals surface area contributed by atoms with Crippen LogP contribution in [-0.4, -0.2) is 47.7 Å². The number of nitro benzene ring substituents is 1. The molecule has 0 aliphatic rings. The molecule has 2 rings (SSSR count). The molecule has 12 heteroatoms. The Morgan fingerprint density at radius 2 is 2.06 bits per heavy atom. The summed E-state index contributed by atoms with van der Waals surface area (Å²) in [5.74, 6) is -0.796. The van der Waals surface area contributed by atoms with Crippen LogP contribution in [0.5, 0.6) is 0 Å². The number of aromatic nitrogens is 2. The molecule has 0 unspecified atom stereocenters. The predicted octanol–water partition coefficient (Wildman–Crippen LogP) is 1.41. The first-order chi connectivity index (χ1) is 15.1.